The van der Waals surface area contributed by atoms with E-state index in [1.165, 1.54) is 12.1 Å². The van der Waals surface area contributed by atoms with Crippen LogP contribution in [0.2, 0.25) is 0 Å². The van der Waals surface area contributed by atoms with Crippen LogP contribution >= 0.6 is 0 Å². The lowest BCUT2D eigenvalue weighted by atomic mass is 9.98. The van der Waals surface area contributed by atoms with Gasteiger partial charge in [0, 0.05) is 0 Å². The molecule has 4 aromatic carbocycles. The van der Waals surface area contributed by atoms with Crippen molar-refractivity contribution in [3.8, 4) is 0 Å². The molecule has 0 spiro atoms. The fourth-order valence-corrected chi connectivity index (χ4v) is 6.70. The first-order valence-electron chi connectivity index (χ1n) is 13.8. The first kappa shape index (κ1) is 29.7. The summed E-state index contributed by atoms with van der Waals surface area (Å²) in [5.41, 5.74) is 1.08. The van der Waals surface area contributed by atoms with Crippen LogP contribution in [0.3, 0.4) is 0 Å². The summed E-state index contributed by atoms with van der Waals surface area (Å²) >= 11 is 0. The quantitative estimate of drug-likeness (QED) is 0.124. The number of unbranched alkanes of at least 4 members (excludes halogenated alkanes) is 2. The van der Waals surface area contributed by atoms with Gasteiger partial charge in [0.25, 0.3) is 0 Å². The average molecular weight is 571 g/mol. The van der Waals surface area contributed by atoms with Gasteiger partial charge < -0.3 is 9.47 Å². The van der Waals surface area contributed by atoms with E-state index in [4.69, 9.17) is 9.47 Å². The van der Waals surface area contributed by atoms with Crippen LogP contribution in [0.4, 0.5) is 0 Å². The molecule has 0 radical (unpaired) electrons. The third-order valence-corrected chi connectivity index (χ3v) is 9.02. The largest absolute Gasteiger partial charge is 0.457 e. The molecule has 0 aliphatic carbocycles. The Labute approximate surface area is 241 Å². The molecule has 4 aromatic rings. The molecule has 7 heteroatoms. The lowest BCUT2D eigenvalue weighted by Gasteiger charge is -2.33. The van der Waals surface area contributed by atoms with Crippen LogP contribution in [-0.2, 0) is 19.3 Å². The van der Waals surface area contributed by atoms with Crippen LogP contribution in [0.5, 0.6) is 0 Å². The molecular formula is C34H34O6S. The van der Waals surface area contributed by atoms with Gasteiger partial charge in [0.1, 0.15) is 17.5 Å². The van der Waals surface area contributed by atoms with Crippen LogP contribution in [-0.4, -0.2) is 31.7 Å². The number of sulfone groups is 1. The van der Waals surface area contributed by atoms with Crippen molar-refractivity contribution in [1.82, 2.24) is 0 Å². The molecule has 6 nitrogen and oxygen atoms in total. The second-order valence-electron chi connectivity index (χ2n) is 9.73. The summed E-state index contributed by atoms with van der Waals surface area (Å²) in [7, 11) is -4.19. The number of esters is 2. The summed E-state index contributed by atoms with van der Waals surface area (Å²) in [4.78, 5) is 26.8. The van der Waals surface area contributed by atoms with Gasteiger partial charge in [0.2, 0.25) is 0 Å². The zero-order chi connectivity index (χ0) is 29.1. The summed E-state index contributed by atoms with van der Waals surface area (Å²) < 4.78 is 41.0. The molecule has 212 valence electrons. The molecule has 0 bridgehead atoms. The topological polar surface area (TPSA) is 86.7 Å². The van der Waals surface area contributed by atoms with Crippen molar-refractivity contribution in [2.45, 2.75) is 55.0 Å². The molecule has 3 unspecified atom stereocenters. The molecule has 0 aliphatic rings. The minimum atomic E-state index is -4.19. The van der Waals surface area contributed by atoms with Crippen LogP contribution in [0, 0.1) is 0 Å². The van der Waals surface area contributed by atoms with E-state index in [0.29, 0.717) is 17.5 Å². The normalized spacial score (nSPS) is 13.5. The maximum atomic E-state index is 14.5. The Bertz CT molecular complexity index is 1490. The molecule has 0 aliphatic heterocycles. The third kappa shape index (κ3) is 7.70. The Morgan fingerprint density at radius 2 is 1.10 bits per heavy atom. The van der Waals surface area contributed by atoms with Crippen LogP contribution in [0.1, 0.15) is 65.0 Å². The van der Waals surface area contributed by atoms with Crippen LogP contribution in [0.25, 0.3) is 0 Å². The molecule has 0 N–H and O–H groups in total. The molecule has 0 aromatic heterocycles. The Balaban J connectivity index is 1.85. The number of hydrogen-bond acceptors (Lipinski definition) is 6. The standard InChI is InChI=1S/C34H34O6S/c1-2-3-8-25-30(39-33(35)27-19-11-5-12-20-27)32(41(37,38)29-23-15-7-16-24-29)31(26-17-9-4-10-18-26)40-34(36)28-21-13-6-14-22-28/h4-7,9-24,30-32H,2-3,8,25H2,1H3. The van der Waals surface area contributed by atoms with E-state index in [1.807, 2.05) is 6.92 Å². The van der Waals surface area contributed by atoms with Gasteiger partial charge >= 0.3 is 11.9 Å². The van der Waals surface area contributed by atoms with Crippen molar-refractivity contribution in [3.05, 3.63) is 138 Å². The van der Waals surface area contributed by atoms with E-state index < -0.39 is 39.2 Å². The molecule has 0 heterocycles. The molecule has 0 saturated heterocycles. The minimum Gasteiger partial charge on any atom is -0.457 e. The van der Waals surface area contributed by atoms with Crippen molar-refractivity contribution >= 4 is 21.8 Å². The van der Waals surface area contributed by atoms with Crippen molar-refractivity contribution in [2.24, 2.45) is 0 Å². The molecule has 0 saturated carbocycles. The molecule has 0 fully saturated rings. The first-order valence-corrected chi connectivity index (χ1v) is 15.3. The zero-order valence-corrected chi connectivity index (χ0v) is 23.8. The molecule has 3 atom stereocenters. The predicted octanol–water partition coefficient (Wildman–Crippen LogP) is 7.23. The summed E-state index contributed by atoms with van der Waals surface area (Å²) in [5, 5.41) is -1.41. The van der Waals surface area contributed by atoms with Gasteiger partial charge in [0.05, 0.1) is 16.0 Å². The molecule has 0 amide bonds. The maximum absolute atomic E-state index is 14.5. The minimum absolute atomic E-state index is 0.0537. The highest BCUT2D eigenvalue weighted by Gasteiger charge is 2.45. The van der Waals surface area contributed by atoms with E-state index in [0.717, 1.165) is 12.8 Å². The van der Waals surface area contributed by atoms with E-state index in [1.54, 1.807) is 109 Å². The second kappa shape index (κ2) is 14.4. The fourth-order valence-electron chi connectivity index (χ4n) is 4.72. The molecule has 41 heavy (non-hydrogen) atoms. The summed E-state index contributed by atoms with van der Waals surface area (Å²) in [6.45, 7) is 2.04. The van der Waals surface area contributed by atoms with Gasteiger partial charge in [-0.05, 0) is 54.8 Å². The Kier molecular flexibility index (Phi) is 10.5. The van der Waals surface area contributed by atoms with Crippen molar-refractivity contribution in [1.29, 1.82) is 0 Å². The van der Waals surface area contributed by atoms with E-state index in [-0.39, 0.29) is 16.9 Å². The number of ether oxygens (including phenoxy) is 2. The molecular weight excluding hydrogens is 536 g/mol. The highest BCUT2D eigenvalue weighted by Crippen LogP contribution is 2.36. The summed E-state index contributed by atoms with van der Waals surface area (Å²) in [5.74, 6) is -1.31. The Hall–Kier alpha value is -4.23. The first-order chi connectivity index (χ1) is 19.9. The maximum Gasteiger partial charge on any atom is 0.338 e. The van der Waals surface area contributed by atoms with Crippen LogP contribution in [0.15, 0.2) is 126 Å². The van der Waals surface area contributed by atoms with E-state index in [2.05, 4.69) is 0 Å². The summed E-state index contributed by atoms with van der Waals surface area (Å²) in [6.07, 6.45) is 0.239. The number of hydrogen-bond donors (Lipinski definition) is 0. The van der Waals surface area contributed by atoms with Crippen molar-refractivity contribution < 1.29 is 27.5 Å². The smallest absolute Gasteiger partial charge is 0.338 e. The van der Waals surface area contributed by atoms with Crippen LogP contribution < -0.4 is 0 Å². The van der Waals surface area contributed by atoms with Gasteiger partial charge in [-0.1, -0.05) is 105 Å². The van der Waals surface area contributed by atoms with Gasteiger partial charge in [-0.15, -0.1) is 0 Å². The van der Waals surface area contributed by atoms with E-state index >= 15 is 0 Å². The van der Waals surface area contributed by atoms with Crippen molar-refractivity contribution in [2.75, 3.05) is 0 Å². The van der Waals surface area contributed by atoms with Gasteiger partial charge in [-0.3, -0.25) is 0 Å². The lowest BCUT2D eigenvalue weighted by molar-refractivity contribution is -0.00116. The number of carbonyl (C=O) groups is 2. The molecule has 4 rings (SSSR count). The van der Waals surface area contributed by atoms with Gasteiger partial charge in [0.15, 0.2) is 9.84 Å². The second-order valence-corrected chi connectivity index (χ2v) is 11.8. The Morgan fingerprint density at radius 3 is 1.61 bits per heavy atom. The highest BCUT2D eigenvalue weighted by molar-refractivity contribution is 7.92. The highest BCUT2D eigenvalue weighted by atomic mass is 32.2. The van der Waals surface area contributed by atoms with Gasteiger partial charge in [-0.2, -0.15) is 0 Å². The zero-order valence-electron chi connectivity index (χ0n) is 23.0. The monoisotopic (exact) mass is 570 g/mol. The number of rotatable bonds is 13. The van der Waals surface area contributed by atoms with Crippen molar-refractivity contribution in [3.63, 3.8) is 0 Å². The van der Waals surface area contributed by atoms with Gasteiger partial charge in [-0.25, -0.2) is 18.0 Å². The lowest BCUT2D eigenvalue weighted by Crippen LogP contribution is -2.43. The fraction of sp³-hybridized carbons (Fsp3) is 0.235. The SMILES string of the molecule is CCCCCC(OC(=O)c1ccccc1)C(C(OC(=O)c1ccccc1)c1ccccc1)S(=O)(=O)c1ccccc1. The predicted molar refractivity (Wildman–Crippen MR) is 158 cm³/mol. The average Bonchev–Trinajstić information content (AvgIpc) is 3.02. The summed E-state index contributed by atoms with van der Waals surface area (Å²) in [6, 6.07) is 33.7. The number of benzene rings is 4. The van der Waals surface area contributed by atoms with E-state index in [9.17, 15) is 18.0 Å². The Morgan fingerprint density at radius 1 is 0.634 bits per heavy atom. The third-order valence-electron chi connectivity index (χ3n) is 6.83. The number of carbonyl (C=O) groups excluding carboxylic acids is 2.